The van der Waals surface area contributed by atoms with Crippen molar-refractivity contribution in [3.8, 4) is 11.8 Å². The van der Waals surface area contributed by atoms with Crippen molar-refractivity contribution in [1.29, 1.82) is 0 Å². The Balaban J connectivity index is 1.69. The summed E-state index contributed by atoms with van der Waals surface area (Å²) >= 11 is 1.49. The second-order valence-corrected chi connectivity index (χ2v) is 7.90. The Morgan fingerprint density at radius 2 is 1.72 bits per heavy atom. The molecule has 2 aromatic carbocycles. The number of ether oxygens (including phenoxy) is 1. The van der Waals surface area contributed by atoms with Crippen LogP contribution in [0.25, 0.3) is 0 Å². The molecule has 0 aliphatic carbocycles. The monoisotopic (exact) mass is 446 g/mol. The number of nitrogens with one attached hydrogen (secondary N) is 2. The second kappa shape index (κ2) is 10.9. The molecule has 6 nitrogen and oxygen atoms in total. The van der Waals surface area contributed by atoms with E-state index in [0.29, 0.717) is 22.4 Å². The number of esters is 1. The highest BCUT2D eigenvalue weighted by atomic mass is 32.1. The Hall–Kier alpha value is -3.89. The van der Waals surface area contributed by atoms with Crippen LogP contribution in [-0.2, 0) is 14.3 Å². The molecule has 0 bridgehead atoms. The van der Waals surface area contributed by atoms with Crippen molar-refractivity contribution in [2.45, 2.75) is 19.4 Å². The van der Waals surface area contributed by atoms with Gasteiger partial charge in [-0.15, -0.1) is 11.3 Å². The first-order valence-corrected chi connectivity index (χ1v) is 10.7. The van der Waals surface area contributed by atoms with E-state index in [4.69, 9.17) is 4.74 Å². The zero-order valence-corrected chi connectivity index (χ0v) is 18.5. The highest BCUT2D eigenvalue weighted by molar-refractivity contribution is 7.10. The molecule has 1 atom stereocenters. The molecule has 32 heavy (non-hydrogen) atoms. The number of rotatable bonds is 6. The van der Waals surface area contributed by atoms with Crippen molar-refractivity contribution in [3.05, 3.63) is 87.6 Å². The number of anilines is 1. The first kappa shape index (κ1) is 22.8. The molecular weight excluding hydrogens is 424 g/mol. The van der Waals surface area contributed by atoms with E-state index in [9.17, 15) is 14.4 Å². The van der Waals surface area contributed by atoms with Crippen LogP contribution in [0.3, 0.4) is 0 Å². The Kier molecular flexibility index (Phi) is 7.79. The Morgan fingerprint density at radius 3 is 2.38 bits per heavy atom. The van der Waals surface area contributed by atoms with Gasteiger partial charge in [0, 0.05) is 28.6 Å². The van der Waals surface area contributed by atoms with Crippen LogP contribution in [0, 0.1) is 11.8 Å². The van der Waals surface area contributed by atoms with Crippen LogP contribution in [-0.4, -0.2) is 24.9 Å². The molecule has 0 spiro atoms. The molecule has 162 valence electrons. The zero-order valence-electron chi connectivity index (χ0n) is 17.7. The van der Waals surface area contributed by atoms with E-state index in [-0.39, 0.29) is 24.3 Å². The standard InChI is InChI=1S/C25H22N2O4S/c1-17(28)26-22(23-10-5-13-32-23)16-24(29)27-21-9-4-7-19(15-21)12-11-18-6-3-8-20(14-18)25(30)31-2/h3-10,13-15,22H,16H2,1-2H3,(H,26,28)(H,27,29)/t22-/m1/s1. The van der Waals surface area contributed by atoms with Gasteiger partial charge in [-0.3, -0.25) is 9.59 Å². The summed E-state index contributed by atoms with van der Waals surface area (Å²) in [6.07, 6.45) is 0.121. The average Bonchev–Trinajstić information content (AvgIpc) is 3.32. The summed E-state index contributed by atoms with van der Waals surface area (Å²) in [4.78, 5) is 36.7. The third kappa shape index (κ3) is 6.56. The molecule has 0 saturated heterocycles. The predicted molar refractivity (Wildman–Crippen MR) is 124 cm³/mol. The fourth-order valence-corrected chi connectivity index (χ4v) is 3.79. The van der Waals surface area contributed by atoms with Gasteiger partial charge < -0.3 is 15.4 Å². The van der Waals surface area contributed by atoms with Crippen molar-refractivity contribution in [3.63, 3.8) is 0 Å². The molecule has 1 heterocycles. The summed E-state index contributed by atoms with van der Waals surface area (Å²) in [7, 11) is 1.33. The molecule has 2 amide bonds. The van der Waals surface area contributed by atoms with Crippen molar-refractivity contribution in [2.24, 2.45) is 0 Å². The summed E-state index contributed by atoms with van der Waals surface area (Å²) in [5.41, 5.74) is 2.43. The molecule has 1 aromatic heterocycles. The molecule has 3 aromatic rings. The lowest BCUT2D eigenvalue weighted by molar-refractivity contribution is -0.120. The van der Waals surface area contributed by atoms with E-state index >= 15 is 0 Å². The average molecular weight is 447 g/mol. The molecule has 0 aliphatic rings. The van der Waals surface area contributed by atoms with Gasteiger partial charge in [-0.2, -0.15) is 0 Å². The highest BCUT2D eigenvalue weighted by Gasteiger charge is 2.18. The van der Waals surface area contributed by atoms with Gasteiger partial charge in [0.15, 0.2) is 0 Å². The van der Waals surface area contributed by atoms with E-state index < -0.39 is 5.97 Å². The molecule has 0 unspecified atom stereocenters. The Labute approximate surface area is 190 Å². The van der Waals surface area contributed by atoms with Gasteiger partial charge in [0.2, 0.25) is 11.8 Å². The van der Waals surface area contributed by atoms with E-state index in [1.807, 2.05) is 23.6 Å². The zero-order chi connectivity index (χ0) is 22.9. The first-order chi connectivity index (χ1) is 15.4. The normalized spacial score (nSPS) is 10.9. The maximum atomic E-state index is 12.6. The van der Waals surface area contributed by atoms with Crippen LogP contribution in [0.5, 0.6) is 0 Å². The Morgan fingerprint density at radius 1 is 1.00 bits per heavy atom. The van der Waals surface area contributed by atoms with E-state index in [2.05, 4.69) is 22.5 Å². The van der Waals surface area contributed by atoms with E-state index in [0.717, 1.165) is 4.88 Å². The lowest BCUT2D eigenvalue weighted by Crippen LogP contribution is -2.29. The van der Waals surface area contributed by atoms with Gasteiger partial charge in [0.25, 0.3) is 0 Å². The van der Waals surface area contributed by atoms with Crippen LogP contribution in [0.15, 0.2) is 66.0 Å². The predicted octanol–water partition coefficient (Wildman–Crippen LogP) is 4.14. The quantitative estimate of drug-likeness (QED) is 0.440. The number of carbonyl (C=O) groups is 3. The summed E-state index contributed by atoms with van der Waals surface area (Å²) < 4.78 is 4.73. The molecule has 3 rings (SSSR count). The third-order valence-electron chi connectivity index (χ3n) is 4.43. The van der Waals surface area contributed by atoms with Crippen molar-refractivity contribution in [1.82, 2.24) is 5.32 Å². The van der Waals surface area contributed by atoms with Crippen LogP contribution < -0.4 is 10.6 Å². The molecule has 0 fully saturated rings. The minimum Gasteiger partial charge on any atom is -0.465 e. The smallest absolute Gasteiger partial charge is 0.337 e. The third-order valence-corrected chi connectivity index (χ3v) is 5.42. The maximum Gasteiger partial charge on any atom is 0.337 e. The van der Waals surface area contributed by atoms with Gasteiger partial charge in [-0.05, 0) is 47.8 Å². The molecule has 0 saturated carbocycles. The van der Waals surface area contributed by atoms with Gasteiger partial charge in [-0.25, -0.2) is 4.79 Å². The van der Waals surface area contributed by atoms with Crippen molar-refractivity contribution >= 4 is 34.8 Å². The Bertz CT molecular complexity index is 1180. The second-order valence-electron chi connectivity index (χ2n) is 6.92. The minimum absolute atomic E-state index is 0.121. The first-order valence-electron chi connectivity index (χ1n) is 9.85. The number of thiophene rings is 1. The highest BCUT2D eigenvalue weighted by Crippen LogP contribution is 2.23. The number of carbonyl (C=O) groups excluding carboxylic acids is 3. The van der Waals surface area contributed by atoms with E-state index in [1.54, 1.807) is 42.5 Å². The lowest BCUT2D eigenvalue weighted by atomic mass is 10.1. The molecule has 2 N–H and O–H groups in total. The largest absolute Gasteiger partial charge is 0.465 e. The van der Waals surface area contributed by atoms with E-state index in [1.165, 1.54) is 25.4 Å². The molecule has 7 heteroatoms. The summed E-state index contributed by atoms with van der Waals surface area (Å²) in [5.74, 6) is 5.23. The SMILES string of the molecule is COC(=O)c1cccc(C#Cc2cccc(NC(=O)C[C@@H](NC(C)=O)c3cccs3)c2)c1. The van der Waals surface area contributed by atoms with Crippen LogP contribution in [0.2, 0.25) is 0 Å². The summed E-state index contributed by atoms with van der Waals surface area (Å²) in [6.45, 7) is 1.43. The fourth-order valence-electron chi connectivity index (χ4n) is 3.02. The van der Waals surface area contributed by atoms with Gasteiger partial charge in [0.05, 0.1) is 25.1 Å². The number of methoxy groups -OCH3 is 1. The summed E-state index contributed by atoms with van der Waals surface area (Å²) in [6, 6.07) is 17.5. The lowest BCUT2D eigenvalue weighted by Gasteiger charge is -2.16. The maximum absolute atomic E-state index is 12.6. The van der Waals surface area contributed by atoms with Crippen LogP contribution in [0.4, 0.5) is 5.69 Å². The topological polar surface area (TPSA) is 84.5 Å². The van der Waals surface area contributed by atoms with Crippen molar-refractivity contribution in [2.75, 3.05) is 12.4 Å². The minimum atomic E-state index is -0.418. The number of amides is 2. The number of hydrogen-bond acceptors (Lipinski definition) is 5. The molecule has 0 radical (unpaired) electrons. The number of benzene rings is 2. The fraction of sp³-hybridized carbons (Fsp3) is 0.160. The van der Waals surface area contributed by atoms with Gasteiger partial charge >= 0.3 is 5.97 Å². The van der Waals surface area contributed by atoms with Crippen LogP contribution >= 0.6 is 11.3 Å². The summed E-state index contributed by atoms with van der Waals surface area (Å²) in [5, 5.41) is 7.59. The van der Waals surface area contributed by atoms with Gasteiger partial charge in [0.1, 0.15) is 0 Å². The molecular formula is C25H22N2O4S. The van der Waals surface area contributed by atoms with Crippen molar-refractivity contribution < 1.29 is 19.1 Å². The van der Waals surface area contributed by atoms with Gasteiger partial charge in [-0.1, -0.05) is 30.0 Å². The van der Waals surface area contributed by atoms with Crippen LogP contribution in [0.1, 0.15) is 45.7 Å². The molecule has 0 aliphatic heterocycles. The number of hydrogen-bond donors (Lipinski definition) is 2.